The summed E-state index contributed by atoms with van der Waals surface area (Å²) >= 11 is 0. The number of aryl methyl sites for hydroxylation is 1. The maximum absolute atomic E-state index is 5.67. The van der Waals surface area contributed by atoms with Crippen LogP contribution in [0.5, 0.6) is 0 Å². The number of benzene rings is 2. The summed E-state index contributed by atoms with van der Waals surface area (Å²) < 4.78 is 1.84. The lowest BCUT2D eigenvalue weighted by atomic mass is 10.1. The molecule has 18 heavy (non-hydrogen) atoms. The second-order valence-electron chi connectivity index (χ2n) is 4.41. The summed E-state index contributed by atoms with van der Waals surface area (Å²) in [6.07, 6.45) is 0. The molecule has 0 aliphatic carbocycles. The Balaban J connectivity index is 2.13. The standard InChI is InChI=1S/C15H15N3/c1-18-14(10-16)9-15(17-18)13-7-6-11-4-2-3-5-12(11)8-13/h2-9H,10,16H2,1H3. The highest BCUT2D eigenvalue weighted by molar-refractivity contribution is 5.86. The molecule has 0 radical (unpaired) electrons. The van der Waals surface area contributed by atoms with Crippen molar-refractivity contribution in [2.45, 2.75) is 6.54 Å². The molecule has 0 aliphatic rings. The number of hydrogen-bond donors (Lipinski definition) is 1. The van der Waals surface area contributed by atoms with Crippen molar-refractivity contribution in [3.63, 3.8) is 0 Å². The molecular formula is C15H15N3. The lowest BCUT2D eigenvalue weighted by Gasteiger charge is -2.00. The Bertz CT molecular complexity index is 698. The maximum Gasteiger partial charge on any atom is 0.0926 e. The van der Waals surface area contributed by atoms with Crippen molar-refractivity contribution in [1.29, 1.82) is 0 Å². The van der Waals surface area contributed by atoms with Crippen LogP contribution >= 0.6 is 0 Å². The monoisotopic (exact) mass is 237 g/mol. The summed E-state index contributed by atoms with van der Waals surface area (Å²) in [5, 5.41) is 6.97. The van der Waals surface area contributed by atoms with E-state index < -0.39 is 0 Å². The first-order chi connectivity index (χ1) is 8.78. The number of fused-ring (bicyclic) bond motifs is 1. The molecule has 3 heteroatoms. The molecular weight excluding hydrogens is 222 g/mol. The van der Waals surface area contributed by atoms with Crippen molar-refractivity contribution < 1.29 is 0 Å². The van der Waals surface area contributed by atoms with Crippen LogP contribution in [0.2, 0.25) is 0 Å². The van der Waals surface area contributed by atoms with E-state index in [-0.39, 0.29) is 0 Å². The molecule has 0 aliphatic heterocycles. The predicted molar refractivity (Wildman–Crippen MR) is 74.0 cm³/mol. The highest BCUT2D eigenvalue weighted by Crippen LogP contribution is 2.23. The molecule has 1 aromatic heterocycles. The summed E-state index contributed by atoms with van der Waals surface area (Å²) in [6, 6.07) is 16.8. The van der Waals surface area contributed by atoms with Gasteiger partial charge in [-0.15, -0.1) is 0 Å². The Kier molecular flexibility index (Phi) is 2.61. The smallest absolute Gasteiger partial charge is 0.0926 e. The molecule has 0 saturated carbocycles. The van der Waals surface area contributed by atoms with Gasteiger partial charge < -0.3 is 5.73 Å². The summed E-state index contributed by atoms with van der Waals surface area (Å²) in [4.78, 5) is 0. The van der Waals surface area contributed by atoms with Crippen molar-refractivity contribution in [2.75, 3.05) is 0 Å². The van der Waals surface area contributed by atoms with E-state index in [4.69, 9.17) is 5.73 Å². The van der Waals surface area contributed by atoms with Gasteiger partial charge in [-0.25, -0.2) is 0 Å². The molecule has 0 fully saturated rings. The van der Waals surface area contributed by atoms with Crippen molar-refractivity contribution in [3.8, 4) is 11.3 Å². The Morgan fingerprint density at radius 1 is 1.06 bits per heavy atom. The largest absolute Gasteiger partial charge is 0.325 e. The fourth-order valence-electron chi connectivity index (χ4n) is 2.19. The molecule has 2 aromatic carbocycles. The van der Waals surface area contributed by atoms with Crippen LogP contribution in [0, 0.1) is 0 Å². The number of aromatic nitrogens is 2. The van der Waals surface area contributed by atoms with Crippen LogP contribution in [0.15, 0.2) is 48.5 Å². The summed E-state index contributed by atoms with van der Waals surface area (Å²) in [7, 11) is 1.92. The van der Waals surface area contributed by atoms with Crippen molar-refractivity contribution in [3.05, 3.63) is 54.2 Å². The SMILES string of the molecule is Cn1nc(-c2ccc3ccccc3c2)cc1CN. The zero-order valence-electron chi connectivity index (χ0n) is 10.3. The van der Waals surface area contributed by atoms with Gasteiger partial charge in [-0.05, 0) is 22.9 Å². The third-order valence-electron chi connectivity index (χ3n) is 3.23. The van der Waals surface area contributed by atoms with Crippen LogP contribution in [-0.4, -0.2) is 9.78 Å². The molecule has 2 N–H and O–H groups in total. The summed E-state index contributed by atoms with van der Waals surface area (Å²) in [6.45, 7) is 0.511. The van der Waals surface area contributed by atoms with E-state index in [1.54, 1.807) is 0 Å². The van der Waals surface area contributed by atoms with Crippen LogP contribution in [0.4, 0.5) is 0 Å². The molecule has 3 rings (SSSR count). The zero-order valence-corrected chi connectivity index (χ0v) is 10.3. The average molecular weight is 237 g/mol. The van der Waals surface area contributed by atoms with E-state index in [1.165, 1.54) is 10.8 Å². The third kappa shape index (κ3) is 1.79. The topological polar surface area (TPSA) is 43.8 Å². The molecule has 0 amide bonds. The molecule has 0 unspecified atom stereocenters. The summed E-state index contributed by atoms with van der Waals surface area (Å²) in [5.41, 5.74) is 8.82. The van der Waals surface area contributed by atoms with Gasteiger partial charge in [0.2, 0.25) is 0 Å². The van der Waals surface area contributed by atoms with Gasteiger partial charge in [-0.3, -0.25) is 4.68 Å². The van der Waals surface area contributed by atoms with Gasteiger partial charge >= 0.3 is 0 Å². The van der Waals surface area contributed by atoms with Crippen LogP contribution in [0.25, 0.3) is 22.0 Å². The van der Waals surface area contributed by atoms with Gasteiger partial charge in [0.05, 0.1) is 11.4 Å². The van der Waals surface area contributed by atoms with E-state index in [0.717, 1.165) is 17.0 Å². The quantitative estimate of drug-likeness (QED) is 0.744. The van der Waals surface area contributed by atoms with Crippen molar-refractivity contribution in [2.24, 2.45) is 12.8 Å². The average Bonchev–Trinajstić information content (AvgIpc) is 2.79. The van der Waals surface area contributed by atoms with E-state index in [0.29, 0.717) is 6.54 Å². The Labute approximate surface area is 106 Å². The van der Waals surface area contributed by atoms with Crippen molar-refractivity contribution in [1.82, 2.24) is 9.78 Å². The fourth-order valence-corrected chi connectivity index (χ4v) is 2.19. The lowest BCUT2D eigenvalue weighted by Crippen LogP contribution is -2.03. The fraction of sp³-hybridized carbons (Fsp3) is 0.133. The molecule has 0 bridgehead atoms. The molecule has 0 atom stereocenters. The van der Waals surface area contributed by atoms with Gasteiger partial charge in [0, 0.05) is 19.2 Å². The Morgan fingerprint density at radius 3 is 2.56 bits per heavy atom. The van der Waals surface area contributed by atoms with Gasteiger partial charge in [-0.2, -0.15) is 5.10 Å². The molecule has 1 heterocycles. The molecule has 0 saturated heterocycles. The van der Waals surface area contributed by atoms with Gasteiger partial charge in [0.15, 0.2) is 0 Å². The minimum atomic E-state index is 0.511. The molecule has 0 spiro atoms. The number of rotatable bonds is 2. The Hall–Kier alpha value is -2.13. The van der Waals surface area contributed by atoms with Gasteiger partial charge in [0.1, 0.15) is 0 Å². The third-order valence-corrected chi connectivity index (χ3v) is 3.23. The van der Waals surface area contributed by atoms with E-state index in [1.807, 2.05) is 17.8 Å². The van der Waals surface area contributed by atoms with Gasteiger partial charge in [-0.1, -0.05) is 36.4 Å². The van der Waals surface area contributed by atoms with Crippen LogP contribution < -0.4 is 5.73 Å². The molecule has 3 nitrogen and oxygen atoms in total. The van der Waals surface area contributed by atoms with E-state index >= 15 is 0 Å². The first-order valence-electron chi connectivity index (χ1n) is 6.00. The lowest BCUT2D eigenvalue weighted by molar-refractivity contribution is 0.714. The van der Waals surface area contributed by atoms with Crippen LogP contribution in [0.1, 0.15) is 5.69 Å². The number of nitrogens with zero attached hydrogens (tertiary/aromatic N) is 2. The maximum atomic E-state index is 5.67. The molecule has 90 valence electrons. The minimum Gasteiger partial charge on any atom is -0.325 e. The highest BCUT2D eigenvalue weighted by Gasteiger charge is 2.06. The second-order valence-corrected chi connectivity index (χ2v) is 4.41. The predicted octanol–water partition coefficient (Wildman–Crippen LogP) is 2.70. The van der Waals surface area contributed by atoms with Gasteiger partial charge in [0.25, 0.3) is 0 Å². The number of hydrogen-bond acceptors (Lipinski definition) is 2. The minimum absolute atomic E-state index is 0.511. The first-order valence-corrected chi connectivity index (χ1v) is 6.00. The van der Waals surface area contributed by atoms with E-state index in [2.05, 4.69) is 47.6 Å². The van der Waals surface area contributed by atoms with Crippen molar-refractivity contribution >= 4 is 10.8 Å². The first kappa shape index (κ1) is 11.0. The normalized spacial score (nSPS) is 11.0. The summed E-state index contributed by atoms with van der Waals surface area (Å²) in [5.74, 6) is 0. The number of nitrogens with two attached hydrogens (primary N) is 1. The van der Waals surface area contributed by atoms with E-state index in [9.17, 15) is 0 Å². The highest BCUT2D eigenvalue weighted by atomic mass is 15.3. The second kappa shape index (κ2) is 4.27. The van der Waals surface area contributed by atoms with Crippen LogP contribution in [-0.2, 0) is 13.6 Å². The zero-order chi connectivity index (χ0) is 12.5. The van der Waals surface area contributed by atoms with Crippen LogP contribution in [0.3, 0.4) is 0 Å². The Morgan fingerprint density at radius 2 is 1.83 bits per heavy atom. The molecule has 3 aromatic rings.